The molecule has 2 fully saturated rings. The molecule has 2 aliphatic rings. The second-order valence-corrected chi connectivity index (χ2v) is 8.27. The molecule has 0 unspecified atom stereocenters. The summed E-state index contributed by atoms with van der Waals surface area (Å²) in [5, 5.41) is 11.7. The number of amides is 1. The van der Waals surface area contributed by atoms with E-state index in [0.29, 0.717) is 42.6 Å². The van der Waals surface area contributed by atoms with Crippen LogP contribution in [0.4, 0.5) is 15.6 Å². The van der Waals surface area contributed by atoms with Gasteiger partial charge in [-0.25, -0.2) is 9.78 Å². The molecule has 1 amide bonds. The van der Waals surface area contributed by atoms with E-state index in [1.165, 1.54) is 16.2 Å². The highest BCUT2D eigenvalue weighted by Crippen LogP contribution is 2.40. The Kier molecular flexibility index (Phi) is 5.66. The van der Waals surface area contributed by atoms with Crippen LogP contribution in [-0.2, 0) is 0 Å². The highest BCUT2D eigenvalue weighted by atomic mass is 32.1. The summed E-state index contributed by atoms with van der Waals surface area (Å²) in [5.74, 6) is 1.38. The Morgan fingerprint density at radius 1 is 1.24 bits per heavy atom. The number of hydrogen-bond donors (Lipinski definition) is 2. The summed E-state index contributed by atoms with van der Waals surface area (Å²) in [6.07, 6.45) is 2.62. The number of rotatable bonds is 5. The van der Waals surface area contributed by atoms with Crippen LogP contribution in [0.3, 0.4) is 0 Å². The van der Waals surface area contributed by atoms with Crippen molar-refractivity contribution in [3.8, 4) is 11.5 Å². The molecule has 9 heteroatoms. The Balaban J connectivity index is 1.47. The van der Waals surface area contributed by atoms with Crippen LogP contribution in [0.1, 0.15) is 37.4 Å². The van der Waals surface area contributed by atoms with E-state index >= 15 is 0 Å². The van der Waals surface area contributed by atoms with Crippen molar-refractivity contribution < 1.29 is 19.4 Å². The molecule has 0 aliphatic carbocycles. The lowest BCUT2D eigenvalue weighted by Gasteiger charge is -2.31. The van der Waals surface area contributed by atoms with Crippen LogP contribution in [-0.4, -0.2) is 53.9 Å². The van der Waals surface area contributed by atoms with E-state index in [1.807, 2.05) is 17.5 Å². The van der Waals surface area contributed by atoms with Crippen molar-refractivity contribution in [2.75, 3.05) is 37.4 Å². The normalized spacial score (nSPS) is 20.1. The zero-order chi connectivity index (χ0) is 20.4. The van der Waals surface area contributed by atoms with E-state index in [9.17, 15) is 4.79 Å². The van der Waals surface area contributed by atoms with E-state index in [2.05, 4.69) is 16.0 Å². The minimum atomic E-state index is -0.868. The summed E-state index contributed by atoms with van der Waals surface area (Å²) in [5.41, 5.74) is 7.92. The largest absolute Gasteiger partial charge is 0.493 e. The van der Waals surface area contributed by atoms with Gasteiger partial charge in [-0.1, -0.05) is 0 Å². The molecule has 4 rings (SSSR count). The van der Waals surface area contributed by atoms with Gasteiger partial charge in [0, 0.05) is 49.6 Å². The second kappa shape index (κ2) is 8.36. The molecule has 2 saturated heterocycles. The molecule has 1 atom stereocenters. The highest BCUT2D eigenvalue weighted by molar-refractivity contribution is 7.13. The van der Waals surface area contributed by atoms with Crippen LogP contribution in [0, 0.1) is 0 Å². The quantitative estimate of drug-likeness (QED) is 0.765. The van der Waals surface area contributed by atoms with Gasteiger partial charge in [0.1, 0.15) is 6.10 Å². The number of anilines is 2. The van der Waals surface area contributed by atoms with Gasteiger partial charge in [0.25, 0.3) is 0 Å². The first kappa shape index (κ1) is 19.6. The fraction of sp³-hybridized carbons (Fsp3) is 0.500. The van der Waals surface area contributed by atoms with Gasteiger partial charge in [0.15, 0.2) is 16.6 Å². The topological polar surface area (TPSA) is 101 Å². The van der Waals surface area contributed by atoms with Gasteiger partial charge >= 0.3 is 6.09 Å². The average molecular weight is 419 g/mol. The number of benzene rings is 1. The van der Waals surface area contributed by atoms with Crippen LogP contribution >= 0.6 is 11.3 Å². The lowest BCUT2D eigenvalue weighted by Crippen LogP contribution is -2.41. The maximum absolute atomic E-state index is 11.1. The third-order valence-electron chi connectivity index (χ3n) is 5.62. The Hall–Kier alpha value is -2.68. The van der Waals surface area contributed by atoms with E-state index in [4.69, 9.17) is 20.3 Å². The molecular formula is C20H26N4O4S. The molecule has 3 N–H and O–H groups in total. The fourth-order valence-corrected chi connectivity index (χ4v) is 4.72. The third kappa shape index (κ3) is 4.19. The molecule has 156 valence electrons. The van der Waals surface area contributed by atoms with Gasteiger partial charge in [-0.2, -0.15) is 0 Å². The number of aromatic nitrogens is 1. The maximum atomic E-state index is 11.1. The minimum absolute atomic E-state index is 0.0112. The number of likely N-dealkylation sites (tertiary alicyclic amines) is 1. The van der Waals surface area contributed by atoms with Gasteiger partial charge in [0.05, 0.1) is 18.8 Å². The van der Waals surface area contributed by atoms with Gasteiger partial charge in [-0.15, -0.1) is 11.3 Å². The van der Waals surface area contributed by atoms with Crippen LogP contribution in [0.15, 0.2) is 23.6 Å². The van der Waals surface area contributed by atoms with E-state index in [0.717, 1.165) is 30.8 Å². The first-order chi connectivity index (χ1) is 14.0. The molecule has 1 aromatic heterocycles. The first-order valence-electron chi connectivity index (χ1n) is 9.85. The predicted octanol–water partition coefficient (Wildman–Crippen LogP) is 3.60. The fourth-order valence-electron chi connectivity index (χ4n) is 4.11. The average Bonchev–Trinajstić information content (AvgIpc) is 3.37. The number of ether oxygens (including phenoxy) is 2. The van der Waals surface area contributed by atoms with E-state index in [1.54, 1.807) is 7.11 Å². The van der Waals surface area contributed by atoms with Crippen LogP contribution < -0.4 is 20.1 Å². The Labute approximate surface area is 173 Å². The maximum Gasteiger partial charge on any atom is 0.407 e. The monoisotopic (exact) mass is 418 g/mol. The number of nitrogens with zero attached hydrogens (tertiary/aromatic N) is 3. The van der Waals surface area contributed by atoms with Crippen molar-refractivity contribution in [1.29, 1.82) is 0 Å². The van der Waals surface area contributed by atoms with Crippen LogP contribution in [0.2, 0.25) is 0 Å². The summed E-state index contributed by atoms with van der Waals surface area (Å²) in [6, 6.07) is 6.23. The van der Waals surface area contributed by atoms with Crippen LogP contribution in [0.25, 0.3) is 0 Å². The zero-order valence-corrected chi connectivity index (χ0v) is 17.2. The molecule has 2 aromatic rings. The zero-order valence-electron chi connectivity index (χ0n) is 16.4. The molecule has 2 aliphatic heterocycles. The number of methoxy groups -OCH3 is 1. The number of nitrogens with two attached hydrogens (primary N) is 1. The van der Waals surface area contributed by atoms with Gasteiger partial charge in [-0.3, -0.25) is 0 Å². The molecule has 0 radical (unpaired) electrons. The van der Waals surface area contributed by atoms with E-state index in [-0.39, 0.29) is 12.1 Å². The first-order valence-corrected chi connectivity index (χ1v) is 10.7. The van der Waals surface area contributed by atoms with E-state index < -0.39 is 6.09 Å². The SMILES string of the molecule is COc1cc(N2CCC[C@@H]2c2csc(N)n2)ccc1OC1CCN(C(=O)O)CC1. The number of hydrogen-bond acceptors (Lipinski definition) is 7. The number of carbonyl (C=O) groups is 1. The Morgan fingerprint density at radius 3 is 2.69 bits per heavy atom. The van der Waals surface area contributed by atoms with Gasteiger partial charge < -0.3 is 30.1 Å². The molecule has 0 bridgehead atoms. The lowest BCUT2D eigenvalue weighted by atomic mass is 10.1. The third-order valence-corrected chi connectivity index (χ3v) is 6.31. The standard InChI is InChI=1S/C20H26N4O4S/c1-27-18-11-13(24-8-2-3-16(24)15-12-29-19(21)22-15)4-5-17(18)28-14-6-9-23(10-7-14)20(25)26/h4-5,11-12,14,16H,2-3,6-10H2,1H3,(H2,21,22)(H,25,26)/t16-/m1/s1. The number of nitrogen functional groups attached to an aromatic ring is 1. The van der Waals surface area contributed by atoms with Gasteiger partial charge in [0.2, 0.25) is 0 Å². The smallest absolute Gasteiger partial charge is 0.407 e. The Morgan fingerprint density at radius 2 is 2.03 bits per heavy atom. The summed E-state index contributed by atoms with van der Waals surface area (Å²) in [7, 11) is 1.64. The Bertz CT molecular complexity index is 866. The molecule has 0 spiro atoms. The van der Waals surface area contributed by atoms with Crippen molar-refractivity contribution in [3.05, 3.63) is 29.3 Å². The van der Waals surface area contributed by atoms with Crippen molar-refractivity contribution in [2.45, 2.75) is 37.8 Å². The lowest BCUT2D eigenvalue weighted by molar-refractivity contribution is 0.0878. The summed E-state index contributed by atoms with van der Waals surface area (Å²) in [6.45, 7) is 1.94. The summed E-state index contributed by atoms with van der Waals surface area (Å²) < 4.78 is 11.7. The molecule has 3 heterocycles. The molecule has 1 aromatic carbocycles. The van der Waals surface area contributed by atoms with Crippen molar-refractivity contribution in [2.24, 2.45) is 0 Å². The molecule has 8 nitrogen and oxygen atoms in total. The van der Waals surface area contributed by atoms with Crippen molar-refractivity contribution in [3.63, 3.8) is 0 Å². The predicted molar refractivity (Wildman–Crippen MR) is 112 cm³/mol. The molecule has 0 saturated carbocycles. The second-order valence-electron chi connectivity index (χ2n) is 7.38. The number of piperidine rings is 1. The molecule has 29 heavy (non-hydrogen) atoms. The minimum Gasteiger partial charge on any atom is -0.493 e. The van der Waals surface area contributed by atoms with Crippen molar-refractivity contribution >= 4 is 28.2 Å². The summed E-state index contributed by atoms with van der Waals surface area (Å²) >= 11 is 1.48. The molecular weight excluding hydrogens is 392 g/mol. The number of carboxylic acid groups (broad SMARTS) is 1. The van der Waals surface area contributed by atoms with Gasteiger partial charge in [-0.05, 0) is 25.0 Å². The number of thiazole rings is 1. The summed E-state index contributed by atoms with van der Waals surface area (Å²) in [4.78, 5) is 19.3. The highest BCUT2D eigenvalue weighted by Gasteiger charge is 2.29. The van der Waals surface area contributed by atoms with Crippen molar-refractivity contribution in [1.82, 2.24) is 9.88 Å². The van der Waals surface area contributed by atoms with Crippen LogP contribution in [0.5, 0.6) is 11.5 Å².